The molecule has 2 unspecified atom stereocenters. The molecule has 0 bridgehead atoms. The molecule has 0 aromatic carbocycles. The fraction of sp³-hybridized carbons (Fsp3) is 1.00. The second-order valence-corrected chi connectivity index (χ2v) is 8.63. The Labute approximate surface area is 106 Å². The molecule has 0 N–H and O–H groups in total. The summed E-state index contributed by atoms with van der Waals surface area (Å²) in [5.74, 6) is 1.28. The van der Waals surface area contributed by atoms with Crippen LogP contribution in [0.3, 0.4) is 0 Å². The molecule has 16 heavy (non-hydrogen) atoms. The highest BCUT2D eigenvalue weighted by Crippen LogP contribution is 2.40. The maximum absolute atomic E-state index is 2.57. The zero-order chi connectivity index (χ0) is 12.6. The molecule has 1 rings (SSSR count). The summed E-state index contributed by atoms with van der Waals surface area (Å²) >= 11 is 2.17. The summed E-state index contributed by atoms with van der Waals surface area (Å²) in [5.41, 5.74) is 0.822. The van der Waals surface area contributed by atoms with Crippen molar-refractivity contribution in [2.45, 2.75) is 59.3 Å². The van der Waals surface area contributed by atoms with E-state index in [4.69, 9.17) is 0 Å². The van der Waals surface area contributed by atoms with E-state index in [0.717, 1.165) is 5.25 Å². The summed E-state index contributed by atoms with van der Waals surface area (Å²) < 4.78 is 0. The lowest BCUT2D eigenvalue weighted by Crippen LogP contribution is -2.43. The van der Waals surface area contributed by atoms with Crippen molar-refractivity contribution < 1.29 is 0 Å². The quantitative estimate of drug-likeness (QED) is 0.635. The van der Waals surface area contributed by atoms with Crippen LogP contribution in [-0.2, 0) is 0 Å². The Balaban J connectivity index is 2.82. The standard InChI is InChI=1S/C14H29NS/c1-13(2,3)11-10-12(14(4,5)6)16-9-8-15(11)7/h11-12H,8-10H2,1-7H3. The number of rotatable bonds is 0. The minimum atomic E-state index is 0.392. The first-order chi connectivity index (χ1) is 7.12. The van der Waals surface area contributed by atoms with Gasteiger partial charge < -0.3 is 4.90 Å². The second kappa shape index (κ2) is 4.89. The minimum absolute atomic E-state index is 0.392. The van der Waals surface area contributed by atoms with Crippen molar-refractivity contribution in [3.63, 3.8) is 0 Å². The Kier molecular flexibility index (Phi) is 4.40. The minimum Gasteiger partial charge on any atom is -0.302 e. The Bertz CT molecular complexity index is 224. The van der Waals surface area contributed by atoms with Crippen molar-refractivity contribution in [2.24, 2.45) is 10.8 Å². The molecule has 0 aromatic rings. The lowest BCUT2D eigenvalue weighted by molar-refractivity contribution is 0.117. The van der Waals surface area contributed by atoms with E-state index in [0.29, 0.717) is 16.9 Å². The summed E-state index contributed by atoms with van der Waals surface area (Å²) in [6.45, 7) is 15.5. The Hall–Kier alpha value is 0.310. The van der Waals surface area contributed by atoms with E-state index in [9.17, 15) is 0 Å². The molecule has 0 aromatic heterocycles. The Morgan fingerprint density at radius 3 is 2.00 bits per heavy atom. The van der Waals surface area contributed by atoms with Crippen molar-refractivity contribution in [3.05, 3.63) is 0 Å². The molecule has 1 aliphatic heterocycles. The van der Waals surface area contributed by atoms with Crippen molar-refractivity contribution in [2.75, 3.05) is 19.3 Å². The zero-order valence-electron chi connectivity index (χ0n) is 12.1. The number of thioether (sulfide) groups is 1. The fourth-order valence-electron chi connectivity index (χ4n) is 2.56. The molecule has 1 nitrogen and oxygen atoms in total. The van der Waals surface area contributed by atoms with Crippen molar-refractivity contribution in [3.8, 4) is 0 Å². The molecule has 1 fully saturated rings. The topological polar surface area (TPSA) is 3.24 Å². The van der Waals surface area contributed by atoms with Crippen LogP contribution in [0.25, 0.3) is 0 Å². The van der Waals surface area contributed by atoms with Gasteiger partial charge >= 0.3 is 0 Å². The van der Waals surface area contributed by atoms with Gasteiger partial charge in [0.15, 0.2) is 0 Å². The molecule has 1 saturated heterocycles. The highest BCUT2D eigenvalue weighted by Gasteiger charge is 2.36. The van der Waals surface area contributed by atoms with Gasteiger partial charge in [-0.3, -0.25) is 0 Å². The van der Waals surface area contributed by atoms with E-state index < -0.39 is 0 Å². The maximum Gasteiger partial charge on any atom is 0.0152 e. The first kappa shape index (κ1) is 14.4. The van der Waals surface area contributed by atoms with Gasteiger partial charge in [-0.2, -0.15) is 11.8 Å². The highest BCUT2D eigenvalue weighted by atomic mass is 32.2. The van der Waals surface area contributed by atoms with Crippen LogP contribution in [0, 0.1) is 10.8 Å². The molecule has 0 spiro atoms. The summed E-state index contributed by atoms with van der Waals surface area (Å²) in [5, 5.41) is 0.793. The number of nitrogens with zero attached hydrogens (tertiary/aromatic N) is 1. The smallest absolute Gasteiger partial charge is 0.0152 e. The second-order valence-electron chi connectivity index (χ2n) is 7.32. The van der Waals surface area contributed by atoms with Crippen molar-refractivity contribution in [1.29, 1.82) is 0 Å². The molecule has 1 heterocycles. The van der Waals surface area contributed by atoms with Gasteiger partial charge in [-0.05, 0) is 24.3 Å². The highest BCUT2D eigenvalue weighted by molar-refractivity contribution is 7.99. The molecule has 0 amide bonds. The lowest BCUT2D eigenvalue weighted by Gasteiger charge is -2.40. The van der Waals surface area contributed by atoms with Crippen LogP contribution in [0.4, 0.5) is 0 Å². The zero-order valence-corrected chi connectivity index (χ0v) is 12.9. The molecule has 0 radical (unpaired) electrons. The van der Waals surface area contributed by atoms with Gasteiger partial charge in [0.1, 0.15) is 0 Å². The summed E-state index contributed by atoms with van der Waals surface area (Å²) in [7, 11) is 2.29. The van der Waals surface area contributed by atoms with Crippen LogP contribution in [-0.4, -0.2) is 35.5 Å². The van der Waals surface area contributed by atoms with Crippen LogP contribution in [0.5, 0.6) is 0 Å². The van der Waals surface area contributed by atoms with Gasteiger partial charge in [0.25, 0.3) is 0 Å². The molecule has 96 valence electrons. The summed E-state index contributed by atoms with van der Waals surface area (Å²) in [4.78, 5) is 2.57. The monoisotopic (exact) mass is 243 g/mol. The Morgan fingerprint density at radius 1 is 1.00 bits per heavy atom. The van der Waals surface area contributed by atoms with Gasteiger partial charge in [0, 0.05) is 23.6 Å². The van der Waals surface area contributed by atoms with Crippen LogP contribution in [0.2, 0.25) is 0 Å². The third-order valence-corrected chi connectivity index (χ3v) is 5.42. The first-order valence-electron chi connectivity index (χ1n) is 6.44. The molecule has 1 aliphatic rings. The predicted molar refractivity (Wildman–Crippen MR) is 76.2 cm³/mol. The Morgan fingerprint density at radius 2 is 1.56 bits per heavy atom. The number of hydrogen-bond acceptors (Lipinski definition) is 2. The summed E-state index contributed by atoms with van der Waals surface area (Å²) in [6, 6.07) is 0.715. The average molecular weight is 243 g/mol. The molecule has 0 saturated carbocycles. The van der Waals surface area contributed by atoms with Gasteiger partial charge in [-0.15, -0.1) is 0 Å². The van der Waals surface area contributed by atoms with Crippen LogP contribution < -0.4 is 0 Å². The van der Waals surface area contributed by atoms with Crippen LogP contribution in [0.15, 0.2) is 0 Å². The molecular formula is C14H29NS. The van der Waals surface area contributed by atoms with Crippen molar-refractivity contribution >= 4 is 11.8 Å². The van der Waals surface area contributed by atoms with Crippen LogP contribution in [0.1, 0.15) is 48.0 Å². The fourth-order valence-corrected chi connectivity index (χ4v) is 4.06. The van der Waals surface area contributed by atoms with Gasteiger partial charge in [0.2, 0.25) is 0 Å². The molecule has 2 atom stereocenters. The van der Waals surface area contributed by atoms with E-state index in [2.05, 4.69) is 65.3 Å². The average Bonchev–Trinajstić information content (AvgIpc) is 2.23. The SMILES string of the molecule is CN1CCSC(C(C)(C)C)CC1C(C)(C)C. The van der Waals surface area contributed by atoms with Crippen molar-refractivity contribution in [1.82, 2.24) is 4.90 Å². The largest absolute Gasteiger partial charge is 0.302 e. The third-order valence-electron chi connectivity index (χ3n) is 3.70. The van der Waals surface area contributed by atoms with E-state index in [1.807, 2.05) is 0 Å². The summed E-state index contributed by atoms with van der Waals surface area (Å²) in [6.07, 6.45) is 1.33. The normalized spacial score (nSPS) is 30.2. The lowest BCUT2D eigenvalue weighted by atomic mass is 9.79. The van der Waals surface area contributed by atoms with Gasteiger partial charge in [-0.25, -0.2) is 0 Å². The molecule has 0 aliphatic carbocycles. The predicted octanol–water partition coefficient (Wildman–Crippen LogP) is 3.88. The third kappa shape index (κ3) is 3.66. The van der Waals surface area contributed by atoms with E-state index >= 15 is 0 Å². The van der Waals surface area contributed by atoms with E-state index in [1.54, 1.807) is 0 Å². The van der Waals surface area contributed by atoms with Crippen LogP contribution >= 0.6 is 11.8 Å². The van der Waals surface area contributed by atoms with E-state index in [1.165, 1.54) is 18.7 Å². The van der Waals surface area contributed by atoms with Gasteiger partial charge in [0.05, 0.1) is 0 Å². The first-order valence-corrected chi connectivity index (χ1v) is 7.49. The van der Waals surface area contributed by atoms with E-state index in [-0.39, 0.29) is 0 Å². The van der Waals surface area contributed by atoms with Gasteiger partial charge in [-0.1, -0.05) is 41.5 Å². The maximum atomic E-state index is 2.57. The number of hydrogen-bond donors (Lipinski definition) is 0. The molecule has 2 heteroatoms. The molecular weight excluding hydrogens is 214 g/mol.